The van der Waals surface area contributed by atoms with Crippen LogP contribution in [-0.2, 0) is 0 Å². The Balaban J connectivity index is 3.30. The third-order valence-corrected chi connectivity index (χ3v) is 1.92. The van der Waals surface area contributed by atoms with Gasteiger partial charge in [-0.25, -0.2) is 0 Å². The lowest BCUT2D eigenvalue weighted by molar-refractivity contribution is 0.454. The SMILES string of the molecule is CC=CCCC(C)C(C)N. The fourth-order valence-corrected chi connectivity index (χ4v) is 0.789. The van der Waals surface area contributed by atoms with Gasteiger partial charge in [0.2, 0.25) is 0 Å². The van der Waals surface area contributed by atoms with Gasteiger partial charge in [0.1, 0.15) is 0 Å². The van der Waals surface area contributed by atoms with Gasteiger partial charge in [0.25, 0.3) is 0 Å². The largest absolute Gasteiger partial charge is 0.328 e. The number of nitrogens with two attached hydrogens (primary N) is 1. The second-order valence-electron chi connectivity index (χ2n) is 2.98. The molecule has 0 radical (unpaired) electrons. The van der Waals surface area contributed by atoms with Crippen LogP contribution in [0.3, 0.4) is 0 Å². The molecule has 0 amide bonds. The molecule has 0 saturated carbocycles. The Hall–Kier alpha value is -0.300. The van der Waals surface area contributed by atoms with Crippen molar-refractivity contribution in [3.8, 4) is 0 Å². The van der Waals surface area contributed by atoms with E-state index in [-0.39, 0.29) is 0 Å². The van der Waals surface area contributed by atoms with Crippen LogP contribution < -0.4 is 5.73 Å². The molecule has 0 aromatic rings. The van der Waals surface area contributed by atoms with Gasteiger partial charge in [-0.15, -0.1) is 0 Å². The second kappa shape index (κ2) is 5.48. The first-order valence-electron chi connectivity index (χ1n) is 4.05. The van der Waals surface area contributed by atoms with Gasteiger partial charge in [-0.3, -0.25) is 0 Å². The Morgan fingerprint density at radius 1 is 1.40 bits per heavy atom. The summed E-state index contributed by atoms with van der Waals surface area (Å²) in [6, 6.07) is 0.338. The first-order chi connectivity index (χ1) is 4.68. The van der Waals surface area contributed by atoms with Crippen molar-refractivity contribution in [2.45, 2.75) is 39.7 Å². The summed E-state index contributed by atoms with van der Waals surface area (Å²) in [5, 5.41) is 0. The summed E-state index contributed by atoms with van der Waals surface area (Å²) >= 11 is 0. The molecule has 10 heavy (non-hydrogen) atoms. The highest BCUT2D eigenvalue weighted by Crippen LogP contribution is 2.08. The lowest BCUT2D eigenvalue weighted by atomic mass is 9.99. The van der Waals surface area contributed by atoms with Crippen LogP contribution in [0, 0.1) is 5.92 Å². The maximum atomic E-state index is 5.69. The van der Waals surface area contributed by atoms with Gasteiger partial charge in [0, 0.05) is 6.04 Å². The number of hydrogen-bond donors (Lipinski definition) is 1. The van der Waals surface area contributed by atoms with Crippen molar-refractivity contribution in [1.82, 2.24) is 0 Å². The average Bonchev–Trinajstić information content (AvgIpc) is 1.88. The van der Waals surface area contributed by atoms with Crippen LogP contribution in [0.15, 0.2) is 12.2 Å². The zero-order valence-corrected chi connectivity index (χ0v) is 7.30. The highest BCUT2D eigenvalue weighted by Gasteiger charge is 2.04. The lowest BCUT2D eigenvalue weighted by Gasteiger charge is -2.13. The third kappa shape index (κ3) is 4.57. The number of rotatable bonds is 4. The molecule has 60 valence electrons. The molecular weight excluding hydrogens is 122 g/mol. The summed E-state index contributed by atoms with van der Waals surface area (Å²) < 4.78 is 0. The number of allylic oxidation sites excluding steroid dienone is 2. The first-order valence-corrected chi connectivity index (χ1v) is 4.05. The molecule has 0 rings (SSSR count). The maximum Gasteiger partial charge on any atom is 0.00362 e. The van der Waals surface area contributed by atoms with Gasteiger partial charge >= 0.3 is 0 Å². The fraction of sp³-hybridized carbons (Fsp3) is 0.778. The first kappa shape index (κ1) is 9.70. The second-order valence-corrected chi connectivity index (χ2v) is 2.98. The monoisotopic (exact) mass is 141 g/mol. The van der Waals surface area contributed by atoms with Crippen LogP contribution in [0.5, 0.6) is 0 Å². The summed E-state index contributed by atoms with van der Waals surface area (Å²) in [4.78, 5) is 0. The Morgan fingerprint density at radius 3 is 2.40 bits per heavy atom. The van der Waals surface area contributed by atoms with Crippen LogP contribution in [0.25, 0.3) is 0 Å². The van der Waals surface area contributed by atoms with E-state index in [9.17, 15) is 0 Å². The Labute approximate surface area is 64.3 Å². The molecule has 1 nitrogen and oxygen atoms in total. The van der Waals surface area contributed by atoms with Crippen molar-refractivity contribution in [2.24, 2.45) is 11.7 Å². The quantitative estimate of drug-likeness (QED) is 0.597. The Kier molecular flexibility index (Phi) is 5.32. The molecular formula is C9H19N. The predicted molar refractivity (Wildman–Crippen MR) is 46.9 cm³/mol. The zero-order valence-electron chi connectivity index (χ0n) is 7.30. The summed E-state index contributed by atoms with van der Waals surface area (Å²) in [7, 11) is 0. The molecule has 0 saturated heterocycles. The van der Waals surface area contributed by atoms with E-state index in [4.69, 9.17) is 5.73 Å². The molecule has 0 aliphatic heterocycles. The zero-order chi connectivity index (χ0) is 7.98. The molecule has 0 aliphatic rings. The minimum absolute atomic E-state index is 0.338. The normalized spacial score (nSPS) is 17.6. The van der Waals surface area contributed by atoms with Crippen LogP contribution in [0.1, 0.15) is 33.6 Å². The van der Waals surface area contributed by atoms with Crippen molar-refractivity contribution in [1.29, 1.82) is 0 Å². The molecule has 0 bridgehead atoms. The van der Waals surface area contributed by atoms with E-state index in [2.05, 4.69) is 32.9 Å². The molecule has 0 fully saturated rings. The van der Waals surface area contributed by atoms with Crippen LogP contribution in [0.4, 0.5) is 0 Å². The molecule has 0 aromatic carbocycles. The molecule has 2 atom stereocenters. The van der Waals surface area contributed by atoms with Crippen molar-refractivity contribution in [3.63, 3.8) is 0 Å². The van der Waals surface area contributed by atoms with E-state index in [0.29, 0.717) is 12.0 Å². The van der Waals surface area contributed by atoms with E-state index in [1.54, 1.807) is 0 Å². The van der Waals surface area contributed by atoms with E-state index in [1.165, 1.54) is 12.8 Å². The topological polar surface area (TPSA) is 26.0 Å². The third-order valence-electron chi connectivity index (χ3n) is 1.92. The molecule has 2 unspecified atom stereocenters. The number of hydrogen-bond acceptors (Lipinski definition) is 1. The van der Waals surface area contributed by atoms with Gasteiger partial charge in [0.05, 0.1) is 0 Å². The summed E-state index contributed by atoms with van der Waals surface area (Å²) in [5.74, 6) is 0.649. The smallest absolute Gasteiger partial charge is 0.00362 e. The van der Waals surface area contributed by atoms with Gasteiger partial charge in [-0.2, -0.15) is 0 Å². The van der Waals surface area contributed by atoms with Crippen LogP contribution in [0.2, 0.25) is 0 Å². The lowest BCUT2D eigenvalue weighted by Crippen LogP contribution is -2.23. The Bertz CT molecular complexity index is 94.9. The van der Waals surface area contributed by atoms with Crippen LogP contribution in [-0.4, -0.2) is 6.04 Å². The molecule has 0 spiro atoms. The molecule has 0 aliphatic carbocycles. The fourth-order valence-electron chi connectivity index (χ4n) is 0.789. The Morgan fingerprint density at radius 2 is 2.00 bits per heavy atom. The van der Waals surface area contributed by atoms with Crippen molar-refractivity contribution < 1.29 is 0 Å². The van der Waals surface area contributed by atoms with Crippen molar-refractivity contribution in [2.75, 3.05) is 0 Å². The van der Waals surface area contributed by atoms with Crippen molar-refractivity contribution in [3.05, 3.63) is 12.2 Å². The van der Waals surface area contributed by atoms with Gasteiger partial charge < -0.3 is 5.73 Å². The molecule has 0 aromatic heterocycles. The highest BCUT2D eigenvalue weighted by atomic mass is 14.6. The van der Waals surface area contributed by atoms with Gasteiger partial charge in [-0.05, 0) is 32.6 Å². The van der Waals surface area contributed by atoms with Crippen molar-refractivity contribution >= 4 is 0 Å². The highest BCUT2D eigenvalue weighted by molar-refractivity contribution is 4.78. The van der Waals surface area contributed by atoms with E-state index in [0.717, 1.165) is 0 Å². The minimum Gasteiger partial charge on any atom is -0.328 e. The average molecular weight is 141 g/mol. The molecule has 0 heterocycles. The molecule has 2 N–H and O–H groups in total. The summed E-state index contributed by atoms with van der Waals surface area (Å²) in [6.45, 7) is 6.32. The standard InChI is InChI=1S/C9H19N/c1-4-5-6-7-8(2)9(3)10/h4-5,8-9H,6-7,10H2,1-3H3. The van der Waals surface area contributed by atoms with Crippen LogP contribution >= 0.6 is 0 Å². The predicted octanol–water partition coefficient (Wildman–Crippen LogP) is 2.33. The van der Waals surface area contributed by atoms with Gasteiger partial charge in [0.15, 0.2) is 0 Å². The van der Waals surface area contributed by atoms with E-state index >= 15 is 0 Å². The maximum absolute atomic E-state index is 5.69. The summed E-state index contributed by atoms with van der Waals surface area (Å²) in [5.41, 5.74) is 5.69. The van der Waals surface area contributed by atoms with E-state index in [1.807, 2.05) is 0 Å². The minimum atomic E-state index is 0.338. The van der Waals surface area contributed by atoms with E-state index < -0.39 is 0 Å². The van der Waals surface area contributed by atoms with Gasteiger partial charge in [-0.1, -0.05) is 19.1 Å². The summed E-state index contributed by atoms with van der Waals surface area (Å²) in [6.07, 6.45) is 6.66. The molecule has 1 heteroatoms.